The quantitative estimate of drug-likeness (QED) is 0.291. The number of nitrogens with zero attached hydrogens (tertiary/aromatic N) is 1. The molecule has 0 bridgehead atoms. The summed E-state index contributed by atoms with van der Waals surface area (Å²) in [5, 5.41) is 0. The van der Waals surface area contributed by atoms with Crippen LogP contribution in [-0.4, -0.2) is 30.2 Å². The van der Waals surface area contributed by atoms with Crippen LogP contribution in [0.3, 0.4) is 0 Å². The Bertz CT molecular complexity index is 288. The average Bonchev–Trinajstić information content (AvgIpc) is 2.44. The molecular formula is C14H27NO3P2. The molecule has 2 unspecified atom stereocenters. The minimum absolute atomic E-state index is 0.00308. The highest BCUT2D eigenvalue weighted by molar-refractivity contribution is 7.21. The van der Waals surface area contributed by atoms with Crippen LogP contribution in [0.1, 0.15) is 51.4 Å². The normalized spacial score (nSPS) is 12.3. The summed E-state index contributed by atoms with van der Waals surface area (Å²) < 4.78 is 15.1. The van der Waals surface area contributed by atoms with E-state index in [4.69, 9.17) is 4.52 Å². The second-order valence-corrected chi connectivity index (χ2v) is 6.05. The highest BCUT2D eigenvalue weighted by Gasteiger charge is 2.03. The molecule has 116 valence electrons. The van der Waals surface area contributed by atoms with E-state index < -0.39 is 0 Å². The van der Waals surface area contributed by atoms with Gasteiger partial charge in [-0.15, -0.1) is 9.24 Å². The van der Waals surface area contributed by atoms with Crippen molar-refractivity contribution in [1.29, 1.82) is 0 Å². The van der Waals surface area contributed by atoms with Gasteiger partial charge in [0.15, 0.2) is 0 Å². The van der Waals surface area contributed by atoms with E-state index in [0.717, 1.165) is 25.8 Å². The van der Waals surface area contributed by atoms with Crippen molar-refractivity contribution < 1.29 is 13.9 Å². The minimum atomic E-state index is -0.236. The van der Waals surface area contributed by atoms with Crippen molar-refractivity contribution in [1.82, 2.24) is 4.90 Å². The second-order valence-electron chi connectivity index (χ2n) is 4.95. The number of carbonyl (C=O) groups excluding carboxylic acids is 1. The van der Waals surface area contributed by atoms with Crippen LogP contribution in [0.15, 0.2) is 12.7 Å². The van der Waals surface area contributed by atoms with E-state index in [1.54, 1.807) is 4.90 Å². The van der Waals surface area contributed by atoms with Gasteiger partial charge in [-0.25, -0.2) is 4.57 Å². The second kappa shape index (κ2) is 13.7. The number of hydrogen-bond acceptors (Lipinski definition) is 3. The molecule has 6 heteroatoms. The first kappa shape index (κ1) is 19.7. The fraction of sp³-hybridized carbons (Fsp3) is 0.786. The molecule has 4 nitrogen and oxygen atoms in total. The molecule has 0 aromatic rings. The number of carbonyl (C=O) groups is 1. The van der Waals surface area contributed by atoms with Crippen molar-refractivity contribution in [3.63, 3.8) is 0 Å². The van der Waals surface area contributed by atoms with Crippen LogP contribution in [0.25, 0.3) is 0 Å². The molecule has 0 heterocycles. The molecule has 0 aliphatic carbocycles. The third kappa shape index (κ3) is 11.5. The Labute approximate surface area is 126 Å². The monoisotopic (exact) mass is 319 g/mol. The van der Waals surface area contributed by atoms with Gasteiger partial charge in [0, 0.05) is 13.6 Å². The maximum absolute atomic E-state index is 11.2. The van der Waals surface area contributed by atoms with Gasteiger partial charge < -0.3 is 4.90 Å². The Hall–Kier alpha value is -0.300. The van der Waals surface area contributed by atoms with Gasteiger partial charge in [-0.2, -0.15) is 0 Å². The molecule has 0 N–H and O–H groups in total. The van der Waals surface area contributed by atoms with Gasteiger partial charge in [0.1, 0.15) is 0 Å². The number of rotatable bonds is 13. The lowest BCUT2D eigenvalue weighted by Crippen LogP contribution is -2.25. The van der Waals surface area contributed by atoms with Gasteiger partial charge in [0.2, 0.25) is 5.91 Å². The molecule has 0 radical (unpaired) electrons. The summed E-state index contributed by atoms with van der Waals surface area (Å²) in [6.45, 7) is 4.28. The van der Waals surface area contributed by atoms with Crippen molar-refractivity contribution in [2.45, 2.75) is 57.2 Å². The van der Waals surface area contributed by atoms with E-state index >= 15 is 0 Å². The summed E-state index contributed by atoms with van der Waals surface area (Å²) in [5.74, 6) is 0.00350. The van der Waals surface area contributed by atoms with Gasteiger partial charge in [0.05, 0.1) is 5.85 Å². The topological polar surface area (TPSA) is 46.6 Å². The van der Waals surface area contributed by atoms with E-state index in [1.165, 1.54) is 38.2 Å². The van der Waals surface area contributed by atoms with Crippen LogP contribution in [0.5, 0.6) is 0 Å². The van der Waals surface area contributed by atoms with Gasteiger partial charge in [0.25, 0.3) is 0 Å². The fourth-order valence-corrected chi connectivity index (χ4v) is 2.55. The Morgan fingerprint density at radius 1 is 1.25 bits per heavy atom. The standard InChI is InChI=1S/C14H27NO3P2/c1-3-13(16)15(2)12-10-8-6-4-5-7-9-11-14(19)18-20-17/h3,14H,1,4-12,19H2,2H3. The van der Waals surface area contributed by atoms with E-state index in [1.807, 2.05) is 7.05 Å². The molecular weight excluding hydrogens is 292 g/mol. The summed E-state index contributed by atoms with van der Waals surface area (Å²) in [6.07, 6.45) is 10.5. The summed E-state index contributed by atoms with van der Waals surface area (Å²) in [5.41, 5.74) is 0. The first-order chi connectivity index (χ1) is 9.61. The maximum atomic E-state index is 11.2. The van der Waals surface area contributed by atoms with Crippen LogP contribution < -0.4 is 0 Å². The van der Waals surface area contributed by atoms with Crippen LogP contribution in [-0.2, 0) is 13.9 Å². The Kier molecular flexibility index (Phi) is 13.5. The number of hydrogen-bond donors (Lipinski definition) is 0. The lowest BCUT2D eigenvalue weighted by atomic mass is 10.1. The predicted octanol–water partition coefficient (Wildman–Crippen LogP) is 4.18. The molecule has 0 saturated carbocycles. The van der Waals surface area contributed by atoms with Crippen molar-refractivity contribution in [2.24, 2.45) is 0 Å². The zero-order valence-corrected chi connectivity index (χ0v) is 14.5. The third-order valence-corrected chi connectivity index (χ3v) is 4.27. The third-order valence-electron chi connectivity index (χ3n) is 3.21. The van der Waals surface area contributed by atoms with Crippen LogP contribution >= 0.6 is 17.9 Å². The van der Waals surface area contributed by atoms with Crippen molar-refractivity contribution in [2.75, 3.05) is 13.6 Å². The summed E-state index contributed by atoms with van der Waals surface area (Å²) in [6, 6.07) is 0. The largest absolute Gasteiger partial charge is 0.342 e. The molecule has 0 aliphatic heterocycles. The highest BCUT2D eigenvalue weighted by Crippen LogP contribution is 2.18. The van der Waals surface area contributed by atoms with Crippen LogP contribution in [0.2, 0.25) is 0 Å². The van der Waals surface area contributed by atoms with Crippen molar-refractivity contribution >= 4 is 23.8 Å². The van der Waals surface area contributed by atoms with Gasteiger partial charge in [-0.3, -0.25) is 9.32 Å². The zero-order chi connectivity index (χ0) is 15.2. The van der Waals surface area contributed by atoms with Crippen molar-refractivity contribution in [3.05, 3.63) is 12.7 Å². The lowest BCUT2D eigenvalue weighted by molar-refractivity contribution is -0.124. The molecule has 2 atom stereocenters. The maximum Gasteiger partial charge on any atom is 0.327 e. The lowest BCUT2D eigenvalue weighted by Gasteiger charge is -2.14. The summed E-state index contributed by atoms with van der Waals surface area (Å²) in [4.78, 5) is 12.9. The van der Waals surface area contributed by atoms with Crippen LogP contribution in [0, 0.1) is 0 Å². The van der Waals surface area contributed by atoms with E-state index in [0.29, 0.717) is 0 Å². The molecule has 1 amide bonds. The Morgan fingerprint density at radius 2 is 1.80 bits per heavy atom. The van der Waals surface area contributed by atoms with Crippen molar-refractivity contribution in [3.8, 4) is 0 Å². The number of likely N-dealkylation sites (N-methyl/N-ethyl adjacent to an activating group) is 1. The van der Waals surface area contributed by atoms with Gasteiger partial charge in [-0.1, -0.05) is 45.1 Å². The minimum Gasteiger partial charge on any atom is -0.342 e. The molecule has 0 rings (SSSR count). The van der Waals surface area contributed by atoms with Gasteiger partial charge in [-0.05, 0) is 18.9 Å². The van der Waals surface area contributed by atoms with E-state index in [9.17, 15) is 9.36 Å². The molecule has 0 fully saturated rings. The predicted molar refractivity (Wildman–Crippen MR) is 87.0 cm³/mol. The Morgan fingerprint density at radius 3 is 2.35 bits per heavy atom. The molecule has 20 heavy (non-hydrogen) atoms. The summed E-state index contributed by atoms with van der Waals surface area (Å²) in [7, 11) is 4.13. The first-order valence-corrected chi connectivity index (χ1v) is 8.63. The SMILES string of the molecule is C=CC(=O)N(C)CCCCCCCCCC(P)OP=O. The van der Waals surface area contributed by atoms with Crippen LogP contribution in [0.4, 0.5) is 0 Å². The first-order valence-electron chi connectivity index (χ1n) is 7.23. The van der Waals surface area contributed by atoms with Gasteiger partial charge >= 0.3 is 8.69 Å². The fourth-order valence-electron chi connectivity index (χ4n) is 1.95. The highest BCUT2D eigenvalue weighted by atomic mass is 31.1. The smallest absolute Gasteiger partial charge is 0.327 e. The number of amides is 1. The molecule has 0 aromatic carbocycles. The average molecular weight is 319 g/mol. The zero-order valence-electron chi connectivity index (χ0n) is 12.4. The number of unbranched alkanes of at least 4 members (excludes halogenated alkanes) is 6. The molecule has 0 saturated heterocycles. The Balaban J connectivity index is 3.27. The molecule has 0 spiro atoms. The molecule has 0 aliphatic rings. The summed E-state index contributed by atoms with van der Waals surface area (Å²) >= 11 is 0. The molecule has 0 aromatic heterocycles. The van der Waals surface area contributed by atoms with E-state index in [2.05, 4.69) is 15.8 Å². The van der Waals surface area contributed by atoms with E-state index in [-0.39, 0.29) is 20.4 Å².